The molecule has 7 heteroatoms. The van der Waals surface area contributed by atoms with Crippen molar-refractivity contribution in [2.24, 2.45) is 0 Å². The van der Waals surface area contributed by atoms with Gasteiger partial charge < -0.3 is 9.15 Å². The molecular formula is C13H16IN3O3. The van der Waals surface area contributed by atoms with Crippen LogP contribution in [0.25, 0.3) is 0 Å². The Balaban J connectivity index is 2.11. The van der Waals surface area contributed by atoms with Gasteiger partial charge in [0.1, 0.15) is 23.7 Å². The van der Waals surface area contributed by atoms with Crippen LogP contribution in [-0.2, 0) is 11.3 Å². The lowest BCUT2D eigenvalue weighted by atomic mass is 10.2. The second kappa shape index (κ2) is 5.86. The molecule has 1 N–H and O–H groups in total. The van der Waals surface area contributed by atoms with Crippen LogP contribution in [0.15, 0.2) is 29.0 Å². The number of nitrogens with one attached hydrogen (secondary N) is 1. The molecule has 0 spiro atoms. The fourth-order valence-electron chi connectivity index (χ4n) is 1.56. The number of halogens is 1. The van der Waals surface area contributed by atoms with Gasteiger partial charge in [-0.2, -0.15) is 5.10 Å². The molecule has 2 rings (SSSR count). The number of hydrogen-bond donors (Lipinski definition) is 1. The number of carbonyl (C=O) groups excluding carboxylic acids is 1. The van der Waals surface area contributed by atoms with Gasteiger partial charge in [0, 0.05) is 0 Å². The van der Waals surface area contributed by atoms with E-state index in [0.717, 1.165) is 9.33 Å². The Hall–Kier alpha value is -1.51. The van der Waals surface area contributed by atoms with E-state index in [1.807, 2.05) is 32.9 Å². The molecule has 2 aromatic rings. The summed E-state index contributed by atoms with van der Waals surface area (Å²) in [5.74, 6) is 1.35. The molecule has 0 aliphatic rings. The summed E-state index contributed by atoms with van der Waals surface area (Å²) in [7, 11) is 0. The zero-order chi connectivity index (χ0) is 14.8. The molecular weight excluding hydrogens is 373 g/mol. The first-order valence-electron chi connectivity index (χ1n) is 6.09. The lowest BCUT2D eigenvalue weighted by Gasteiger charge is -2.20. The summed E-state index contributed by atoms with van der Waals surface area (Å²) < 4.78 is 13.0. The summed E-state index contributed by atoms with van der Waals surface area (Å²) in [6, 6.07) is 3.66. The average Bonchev–Trinajstić information content (AvgIpc) is 2.91. The first-order chi connectivity index (χ1) is 9.35. The van der Waals surface area contributed by atoms with E-state index in [1.54, 1.807) is 17.1 Å². The molecule has 0 aromatic carbocycles. The smallest absolute Gasteiger partial charge is 0.413 e. The Bertz CT molecular complexity index is 585. The standard InChI is InChI=1S/C13H16IN3O3/c1-13(2,3)20-12(18)16-11-10(14)7-15-17(11)8-9-5-4-6-19-9/h4-7H,8H2,1-3H3,(H,16,18). The van der Waals surface area contributed by atoms with Crippen molar-refractivity contribution in [1.82, 2.24) is 9.78 Å². The summed E-state index contributed by atoms with van der Waals surface area (Å²) in [4.78, 5) is 11.8. The van der Waals surface area contributed by atoms with E-state index in [2.05, 4.69) is 33.0 Å². The Morgan fingerprint density at radius 1 is 1.55 bits per heavy atom. The third-order valence-corrected chi connectivity index (χ3v) is 3.09. The van der Waals surface area contributed by atoms with Crippen molar-refractivity contribution in [2.45, 2.75) is 32.9 Å². The van der Waals surface area contributed by atoms with E-state index in [-0.39, 0.29) is 0 Å². The number of ether oxygens (including phenoxy) is 1. The molecule has 6 nitrogen and oxygen atoms in total. The lowest BCUT2D eigenvalue weighted by Crippen LogP contribution is -2.28. The highest BCUT2D eigenvalue weighted by Gasteiger charge is 2.19. The van der Waals surface area contributed by atoms with Crippen LogP contribution in [0.2, 0.25) is 0 Å². The second-order valence-corrected chi connectivity index (χ2v) is 6.37. The van der Waals surface area contributed by atoms with E-state index in [4.69, 9.17) is 9.15 Å². The van der Waals surface area contributed by atoms with E-state index >= 15 is 0 Å². The fourth-order valence-corrected chi connectivity index (χ4v) is 2.09. The minimum Gasteiger partial charge on any atom is -0.467 e. The van der Waals surface area contributed by atoms with Crippen LogP contribution in [0.1, 0.15) is 26.5 Å². The highest BCUT2D eigenvalue weighted by atomic mass is 127. The molecule has 0 unspecified atom stereocenters. The molecule has 108 valence electrons. The zero-order valence-corrected chi connectivity index (χ0v) is 13.7. The number of nitrogens with zero attached hydrogens (tertiary/aromatic N) is 2. The molecule has 0 saturated carbocycles. The van der Waals surface area contributed by atoms with Crippen LogP contribution in [0.4, 0.5) is 10.6 Å². The maximum Gasteiger partial charge on any atom is 0.413 e. The molecule has 20 heavy (non-hydrogen) atoms. The van der Waals surface area contributed by atoms with Gasteiger partial charge in [0.25, 0.3) is 0 Å². The van der Waals surface area contributed by atoms with Crippen molar-refractivity contribution in [1.29, 1.82) is 0 Å². The molecule has 0 aliphatic heterocycles. The Kier molecular flexibility index (Phi) is 4.36. The van der Waals surface area contributed by atoms with E-state index in [9.17, 15) is 4.79 Å². The number of hydrogen-bond acceptors (Lipinski definition) is 4. The van der Waals surface area contributed by atoms with Crippen molar-refractivity contribution in [2.75, 3.05) is 5.32 Å². The normalized spacial score (nSPS) is 11.4. The van der Waals surface area contributed by atoms with Crippen LogP contribution in [0.3, 0.4) is 0 Å². The van der Waals surface area contributed by atoms with Crippen molar-refractivity contribution < 1.29 is 13.9 Å². The first kappa shape index (κ1) is 14.9. The van der Waals surface area contributed by atoms with Crippen LogP contribution in [0, 0.1) is 3.57 Å². The van der Waals surface area contributed by atoms with Crippen molar-refractivity contribution in [3.8, 4) is 0 Å². The van der Waals surface area contributed by atoms with Crippen LogP contribution < -0.4 is 5.32 Å². The molecule has 1 amide bonds. The van der Waals surface area contributed by atoms with Gasteiger partial charge in [-0.3, -0.25) is 5.32 Å². The minimum atomic E-state index is -0.540. The number of rotatable bonds is 3. The molecule has 0 aliphatic carbocycles. The number of aromatic nitrogens is 2. The van der Waals surface area contributed by atoms with Crippen LogP contribution in [-0.4, -0.2) is 21.5 Å². The molecule has 0 fully saturated rings. The van der Waals surface area contributed by atoms with Crippen LogP contribution in [0.5, 0.6) is 0 Å². The summed E-state index contributed by atoms with van der Waals surface area (Å²) in [6.07, 6.45) is 2.78. The topological polar surface area (TPSA) is 69.3 Å². The SMILES string of the molecule is CC(C)(C)OC(=O)Nc1c(I)cnn1Cc1ccco1. The molecule has 0 atom stereocenters. The van der Waals surface area contributed by atoms with Gasteiger partial charge in [0.05, 0.1) is 16.0 Å². The minimum absolute atomic E-state index is 0.446. The number of amides is 1. The van der Waals surface area contributed by atoms with Crippen molar-refractivity contribution >= 4 is 34.5 Å². The first-order valence-corrected chi connectivity index (χ1v) is 7.17. The maximum atomic E-state index is 11.8. The van der Waals surface area contributed by atoms with Crippen molar-refractivity contribution in [3.63, 3.8) is 0 Å². The summed E-state index contributed by atoms with van der Waals surface area (Å²) in [6.45, 7) is 5.90. The third kappa shape index (κ3) is 3.99. The Labute approximate surface area is 130 Å². The van der Waals surface area contributed by atoms with Gasteiger partial charge in [0.15, 0.2) is 0 Å². The number of furan rings is 1. The average molecular weight is 389 g/mol. The summed E-state index contributed by atoms with van der Waals surface area (Å²) in [5.41, 5.74) is -0.540. The van der Waals surface area contributed by atoms with Crippen LogP contribution >= 0.6 is 22.6 Å². The largest absolute Gasteiger partial charge is 0.467 e. The van der Waals surface area contributed by atoms with E-state index in [0.29, 0.717) is 12.4 Å². The monoisotopic (exact) mass is 389 g/mol. The van der Waals surface area contributed by atoms with Gasteiger partial charge in [-0.1, -0.05) is 0 Å². The highest BCUT2D eigenvalue weighted by molar-refractivity contribution is 14.1. The quantitative estimate of drug-likeness (QED) is 0.817. The molecule has 0 bridgehead atoms. The van der Waals surface area contributed by atoms with Gasteiger partial charge in [-0.05, 0) is 55.5 Å². The number of anilines is 1. The second-order valence-electron chi connectivity index (χ2n) is 5.21. The Morgan fingerprint density at radius 2 is 2.30 bits per heavy atom. The highest BCUT2D eigenvalue weighted by Crippen LogP contribution is 2.20. The summed E-state index contributed by atoms with van der Waals surface area (Å²) >= 11 is 2.11. The maximum absolute atomic E-state index is 11.8. The third-order valence-electron chi connectivity index (χ3n) is 2.30. The van der Waals surface area contributed by atoms with Crippen molar-refractivity contribution in [3.05, 3.63) is 33.9 Å². The molecule has 0 radical (unpaired) electrons. The molecule has 2 heterocycles. The van der Waals surface area contributed by atoms with E-state index < -0.39 is 11.7 Å². The lowest BCUT2D eigenvalue weighted by molar-refractivity contribution is 0.0634. The predicted molar refractivity (Wildman–Crippen MR) is 82.6 cm³/mol. The Morgan fingerprint density at radius 3 is 2.90 bits per heavy atom. The van der Waals surface area contributed by atoms with E-state index in [1.165, 1.54) is 0 Å². The molecule has 0 saturated heterocycles. The predicted octanol–water partition coefficient (Wildman–Crippen LogP) is 3.48. The van der Waals surface area contributed by atoms with Gasteiger partial charge in [-0.15, -0.1) is 0 Å². The number of carbonyl (C=O) groups is 1. The zero-order valence-electron chi connectivity index (χ0n) is 11.5. The van der Waals surface area contributed by atoms with Gasteiger partial charge in [-0.25, -0.2) is 9.48 Å². The summed E-state index contributed by atoms with van der Waals surface area (Å²) in [5, 5.41) is 6.94. The van der Waals surface area contributed by atoms with Gasteiger partial charge in [0.2, 0.25) is 0 Å². The fraction of sp³-hybridized carbons (Fsp3) is 0.385. The van der Waals surface area contributed by atoms with Gasteiger partial charge >= 0.3 is 6.09 Å². The molecule has 2 aromatic heterocycles.